The van der Waals surface area contributed by atoms with Crippen LogP contribution in [0.3, 0.4) is 0 Å². The smallest absolute Gasteiger partial charge is 0.329 e. The third-order valence-corrected chi connectivity index (χ3v) is 2.76. The van der Waals surface area contributed by atoms with E-state index in [-0.39, 0.29) is 0 Å². The van der Waals surface area contributed by atoms with Gasteiger partial charge in [0.25, 0.3) is 0 Å². The van der Waals surface area contributed by atoms with Crippen molar-refractivity contribution in [3.63, 3.8) is 0 Å². The highest BCUT2D eigenvalue weighted by molar-refractivity contribution is 5.89. The van der Waals surface area contributed by atoms with E-state index in [9.17, 15) is 9.59 Å². The highest BCUT2D eigenvalue weighted by Crippen LogP contribution is 2.15. The molecule has 15 heavy (non-hydrogen) atoms. The molecule has 0 heterocycles. The summed E-state index contributed by atoms with van der Waals surface area (Å²) in [6.45, 7) is 5.25. The van der Waals surface area contributed by atoms with Gasteiger partial charge in [0.2, 0.25) is 5.91 Å². The molecule has 0 spiro atoms. The maximum absolute atomic E-state index is 11.5. The molecule has 0 unspecified atom stereocenters. The molecule has 1 atom stereocenters. The van der Waals surface area contributed by atoms with E-state index in [0.717, 1.165) is 0 Å². The van der Waals surface area contributed by atoms with Crippen LogP contribution in [0.4, 0.5) is 0 Å². The van der Waals surface area contributed by atoms with Crippen molar-refractivity contribution in [1.82, 2.24) is 5.32 Å². The van der Waals surface area contributed by atoms with Gasteiger partial charge >= 0.3 is 5.97 Å². The van der Waals surface area contributed by atoms with Gasteiger partial charge < -0.3 is 16.2 Å². The molecule has 0 fully saturated rings. The summed E-state index contributed by atoms with van der Waals surface area (Å²) < 4.78 is 0. The number of rotatable bonds is 6. The van der Waals surface area contributed by atoms with Crippen molar-refractivity contribution >= 4 is 11.9 Å². The second-order valence-corrected chi connectivity index (χ2v) is 3.60. The Kier molecular flexibility index (Phi) is 5.28. The van der Waals surface area contributed by atoms with Crippen LogP contribution in [0.15, 0.2) is 0 Å². The quantitative estimate of drug-likeness (QED) is 0.602. The van der Waals surface area contributed by atoms with E-state index in [1.54, 1.807) is 20.8 Å². The molecule has 0 aromatic rings. The minimum atomic E-state index is -1.18. The number of carbonyl (C=O) groups is 2. The lowest BCUT2D eigenvalue weighted by molar-refractivity contribution is -0.148. The molecule has 0 saturated heterocycles. The van der Waals surface area contributed by atoms with E-state index < -0.39 is 23.5 Å². The lowest BCUT2D eigenvalue weighted by Gasteiger charge is -2.29. The van der Waals surface area contributed by atoms with Crippen LogP contribution < -0.4 is 11.1 Å². The van der Waals surface area contributed by atoms with Crippen LogP contribution in [-0.2, 0) is 9.59 Å². The van der Waals surface area contributed by atoms with Crippen molar-refractivity contribution in [2.75, 3.05) is 0 Å². The SMILES string of the molecule is CC[C@H](N)C(=O)NC(CC)(CC)C(=O)O. The van der Waals surface area contributed by atoms with Gasteiger partial charge in [0, 0.05) is 0 Å². The maximum atomic E-state index is 11.5. The highest BCUT2D eigenvalue weighted by atomic mass is 16.4. The Balaban J connectivity index is 4.69. The monoisotopic (exact) mass is 216 g/mol. The van der Waals surface area contributed by atoms with Gasteiger partial charge in [-0.3, -0.25) is 4.79 Å². The van der Waals surface area contributed by atoms with Crippen molar-refractivity contribution < 1.29 is 14.7 Å². The predicted molar refractivity (Wildman–Crippen MR) is 57.4 cm³/mol. The van der Waals surface area contributed by atoms with Crippen molar-refractivity contribution in [3.05, 3.63) is 0 Å². The summed E-state index contributed by atoms with van der Waals surface area (Å²) in [7, 11) is 0. The summed E-state index contributed by atoms with van der Waals surface area (Å²) in [5.74, 6) is -1.41. The summed E-state index contributed by atoms with van der Waals surface area (Å²) >= 11 is 0. The molecular formula is C10H20N2O3. The number of carboxylic acids is 1. The minimum absolute atomic E-state index is 0.348. The molecule has 0 aliphatic heterocycles. The zero-order chi connectivity index (χ0) is 12.1. The van der Waals surface area contributed by atoms with Gasteiger partial charge in [-0.25, -0.2) is 4.79 Å². The van der Waals surface area contributed by atoms with E-state index in [2.05, 4.69) is 5.32 Å². The van der Waals surface area contributed by atoms with Crippen molar-refractivity contribution in [3.8, 4) is 0 Å². The second kappa shape index (κ2) is 5.70. The van der Waals surface area contributed by atoms with Crippen LogP contribution in [0.5, 0.6) is 0 Å². The number of hydrogen-bond acceptors (Lipinski definition) is 3. The zero-order valence-electron chi connectivity index (χ0n) is 9.54. The van der Waals surface area contributed by atoms with Crippen molar-refractivity contribution in [2.45, 2.75) is 51.6 Å². The van der Waals surface area contributed by atoms with Crippen LogP contribution >= 0.6 is 0 Å². The van der Waals surface area contributed by atoms with Crippen LogP contribution in [-0.4, -0.2) is 28.6 Å². The summed E-state index contributed by atoms with van der Waals surface area (Å²) in [5.41, 5.74) is 4.35. The molecule has 5 nitrogen and oxygen atoms in total. The minimum Gasteiger partial charge on any atom is -0.480 e. The van der Waals surface area contributed by atoms with Crippen LogP contribution in [0, 0.1) is 0 Å². The second-order valence-electron chi connectivity index (χ2n) is 3.60. The molecule has 0 rings (SSSR count). The number of nitrogens with one attached hydrogen (secondary N) is 1. The highest BCUT2D eigenvalue weighted by Gasteiger charge is 2.37. The molecule has 0 aliphatic rings. The molecule has 0 aromatic carbocycles. The molecule has 4 N–H and O–H groups in total. The Labute approximate surface area is 90.0 Å². The third-order valence-electron chi connectivity index (χ3n) is 2.76. The molecule has 0 radical (unpaired) electrons. The van der Waals surface area contributed by atoms with Crippen molar-refractivity contribution in [2.24, 2.45) is 5.73 Å². The van der Waals surface area contributed by atoms with E-state index in [0.29, 0.717) is 19.3 Å². The van der Waals surface area contributed by atoms with Gasteiger partial charge in [-0.2, -0.15) is 0 Å². The first-order chi connectivity index (χ1) is 6.93. The standard InChI is InChI=1S/C10H20N2O3/c1-4-7(11)8(13)12-10(5-2,6-3)9(14)15/h7H,4-6,11H2,1-3H3,(H,12,13)(H,14,15)/t7-/m0/s1. The van der Waals surface area contributed by atoms with E-state index in [1.165, 1.54) is 0 Å². The molecule has 0 bridgehead atoms. The van der Waals surface area contributed by atoms with E-state index >= 15 is 0 Å². The van der Waals surface area contributed by atoms with Gasteiger partial charge in [-0.15, -0.1) is 0 Å². The van der Waals surface area contributed by atoms with Crippen LogP contribution in [0.2, 0.25) is 0 Å². The van der Waals surface area contributed by atoms with Crippen LogP contribution in [0.25, 0.3) is 0 Å². The Morgan fingerprint density at radius 3 is 2.07 bits per heavy atom. The van der Waals surface area contributed by atoms with Gasteiger partial charge in [-0.05, 0) is 19.3 Å². The Hall–Kier alpha value is -1.10. The summed E-state index contributed by atoms with van der Waals surface area (Å²) in [5, 5.41) is 11.6. The van der Waals surface area contributed by atoms with E-state index in [1.807, 2.05) is 0 Å². The number of nitrogens with two attached hydrogens (primary N) is 1. The largest absolute Gasteiger partial charge is 0.480 e. The first kappa shape index (κ1) is 13.9. The molecule has 0 saturated carbocycles. The lowest BCUT2D eigenvalue weighted by atomic mass is 9.92. The molecule has 0 aromatic heterocycles. The van der Waals surface area contributed by atoms with Gasteiger partial charge in [0.1, 0.15) is 5.54 Å². The van der Waals surface area contributed by atoms with E-state index in [4.69, 9.17) is 10.8 Å². The average Bonchev–Trinajstić information content (AvgIpc) is 2.24. The van der Waals surface area contributed by atoms with Gasteiger partial charge in [0.15, 0.2) is 0 Å². The molecule has 1 amide bonds. The summed E-state index contributed by atoms with van der Waals surface area (Å²) in [6.07, 6.45) is 1.19. The van der Waals surface area contributed by atoms with Crippen molar-refractivity contribution in [1.29, 1.82) is 0 Å². The summed E-state index contributed by atoms with van der Waals surface area (Å²) in [4.78, 5) is 22.6. The first-order valence-electron chi connectivity index (χ1n) is 5.24. The molecular weight excluding hydrogens is 196 g/mol. The first-order valence-corrected chi connectivity index (χ1v) is 5.24. The predicted octanol–water partition coefficient (Wildman–Crippen LogP) is 0.483. The molecule has 88 valence electrons. The molecule has 0 aliphatic carbocycles. The van der Waals surface area contributed by atoms with Gasteiger partial charge in [0.05, 0.1) is 6.04 Å². The third kappa shape index (κ3) is 3.20. The summed E-state index contributed by atoms with van der Waals surface area (Å²) in [6, 6.07) is -0.637. The Morgan fingerprint density at radius 1 is 1.33 bits per heavy atom. The fourth-order valence-electron chi connectivity index (χ4n) is 1.30. The molecule has 5 heteroatoms. The number of amides is 1. The Bertz CT molecular complexity index is 237. The lowest BCUT2D eigenvalue weighted by Crippen LogP contribution is -2.57. The maximum Gasteiger partial charge on any atom is 0.329 e. The topological polar surface area (TPSA) is 92.4 Å². The van der Waals surface area contributed by atoms with Crippen LogP contribution in [0.1, 0.15) is 40.0 Å². The number of carboxylic acid groups (broad SMARTS) is 1. The number of carbonyl (C=O) groups excluding carboxylic acids is 1. The average molecular weight is 216 g/mol. The normalized spacial score (nSPS) is 13.3. The number of aliphatic carboxylic acids is 1. The fraction of sp³-hybridized carbons (Fsp3) is 0.800. The Morgan fingerprint density at radius 2 is 1.80 bits per heavy atom. The van der Waals surface area contributed by atoms with Gasteiger partial charge in [-0.1, -0.05) is 20.8 Å². The fourth-order valence-corrected chi connectivity index (χ4v) is 1.30. The number of hydrogen-bond donors (Lipinski definition) is 3. The zero-order valence-corrected chi connectivity index (χ0v) is 9.54.